The van der Waals surface area contributed by atoms with Crippen LogP contribution in [-0.2, 0) is 11.2 Å². The van der Waals surface area contributed by atoms with Gasteiger partial charge in [0, 0.05) is 6.54 Å². The van der Waals surface area contributed by atoms with Crippen LogP contribution in [0.4, 0.5) is 4.79 Å². The number of ether oxygens (including phenoxy) is 1. The van der Waals surface area contributed by atoms with E-state index in [4.69, 9.17) is 9.84 Å². The number of carbonyl (C=O) groups is 2. The normalized spacial score (nSPS) is 11.8. The van der Waals surface area contributed by atoms with E-state index in [1.165, 1.54) is 0 Å². The molecule has 2 amide bonds. The number of urea groups is 1. The Morgan fingerprint density at radius 1 is 1.29 bits per heavy atom. The number of hydrogen-bond donors (Lipinski definition) is 3. The van der Waals surface area contributed by atoms with Gasteiger partial charge in [0.05, 0.1) is 7.11 Å². The average Bonchev–Trinajstić information content (AvgIpc) is 2.44. The molecule has 116 valence electrons. The van der Waals surface area contributed by atoms with Crippen LogP contribution >= 0.6 is 0 Å². The molecule has 0 aliphatic rings. The number of carboxylic acids is 1. The van der Waals surface area contributed by atoms with E-state index in [1.54, 1.807) is 21.0 Å². The Labute approximate surface area is 124 Å². The Balaban J connectivity index is 2.45. The lowest BCUT2D eigenvalue weighted by atomic mass is 10.1. The summed E-state index contributed by atoms with van der Waals surface area (Å²) in [6.45, 7) is 3.89. The minimum absolute atomic E-state index is 0.178. The molecule has 0 aliphatic carbocycles. The Morgan fingerprint density at radius 2 is 1.95 bits per heavy atom. The lowest BCUT2D eigenvalue weighted by Gasteiger charge is -2.18. The summed E-state index contributed by atoms with van der Waals surface area (Å²) in [5.74, 6) is -0.447. The minimum atomic E-state index is -1.04. The number of aliphatic carboxylic acids is 1. The lowest BCUT2D eigenvalue weighted by Crippen LogP contribution is -2.48. The molecule has 0 fully saturated rings. The van der Waals surface area contributed by atoms with Crippen molar-refractivity contribution in [2.45, 2.75) is 26.3 Å². The molecule has 21 heavy (non-hydrogen) atoms. The van der Waals surface area contributed by atoms with E-state index < -0.39 is 18.0 Å². The topological polar surface area (TPSA) is 87.7 Å². The molecular formula is C15H22N2O4. The van der Waals surface area contributed by atoms with Crippen molar-refractivity contribution in [3.63, 3.8) is 0 Å². The Morgan fingerprint density at radius 3 is 2.52 bits per heavy atom. The number of carbonyl (C=O) groups excluding carboxylic acids is 1. The van der Waals surface area contributed by atoms with Crippen molar-refractivity contribution in [1.29, 1.82) is 0 Å². The second kappa shape index (κ2) is 8.14. The van der Waals surface area contributed by atoms with Crippen LogP contribution < -0.4 is 15.4 Å². The van der Waals surface area contributed by atoms with Gasteiger partial charge in [0.1, 0.15) is 11.8 Å². The van der Waals surface area contributed by atoms with Crippen LogP contribution in [0.15, 0.2) is 24.3 Å². The first kappa shape index (κ1) is 16.8. The van der Waals surface area contributed by atoms with E-state index in [0.717, 1.165) is 11.3 Å². The summed E-state index contributed by atoms with van der Waals surface area (Å²) in [6.07, 6.45) is 0.608. The zero-order valence-corrected chi connectivity index (χ0v) is 12.6. The molecule has 0 unspecified atom stereocenters. The summed E-state index contributed by atoms with van der Waals surface area (Å²) >= 11 is 0. The van der Waals surface area contributed by atoms with E-state index in [2.05, 4.69) is 10.6 Å². The molecule has 0 aromatic heterocycles. The zero-order valence-electron chi connectivity index (χ0n) is 12.6. The van der Waals surface area contributed by atoms with Crippen LogP contribution in [0, 0.1) is 5.92 Å². The van der Waals surface area contributed by atoms with Gasteiger partial charge in [-0.3, -0.25) is 0 Å². The maximum atomic E-state index is 11.7. The number of benzene rings is 1. The molecule has 1 rings (SSSR count). The highest BCUT2D eigenvalue weighted by Crippen LogP contribution is 2.17. The summed E-state index contributed by atoms with van der Waals surface area (Å²) in [7, 11) is 1.60. The maximum Gasteiger partial charge on any atom is 0.326 e. The Bertz CT molecular complexity index is 488. The largest absolute Gasteiger partial charge is 0.496 e. The first-order valence-corrected chi connectivity index (χ1v) is 6.84. The molecule has 1 atom stereocenters. The predicted octanol–water partition coefficient (Wildman–Crippen LogP) is 1.65. The summed E-state index contributed by atoms with van der Waals surface area (Å²) in [4.78, 5) is 22.7. The standard InChI is InChI=1S/C15H22N2O4/c1-10(2)13(14(18)19)17-15(20)16-9-8-11-6-4-5-7-12(11)21-3/h4-7,10,13H,8-9H2,1-3H3,(H,18,19)(H2,16,17,20)/t13-/m0/s1. The van der Waals surface area contributed by atoms with Crippen molar-refractivity contribution in [2.75, 3.05) is 13.7 Å². The number of rotatable bonds is 7. The van der Waals surface area contributed by atoms with Gasteiger partial charge in [0.25, 0.3) is 0 Å². The van der Waals surface area contributed by atoms with Crippen LogP contribution in [0.5, 0.6) is 5.75 Å². The fourth-order valence-electron chi connectivity index (χ4n) is 1.93. The number of para-hydroxylation sites is 1. The maximum absolute atomic E-state index is 11.7. The Hall–Kier alpha value is -2.24. The van der Waals surface area contributed by atoms with Gasteiger partial charge in [0.2, 0.25) is 0 Å². The molecule has 0 radical (unpaired) electrons. The van der Waals surface area contributed by atoms with Gasteiger partial charge in [-0.15, -0.1) is 0 Å². The predicted molar refractivity (Wildman–Crippen MR) is 79.5 cm³/mol. The summed E-state index contributed by atoms with van der Waals surface area (Å²) < 4.78 is 5.22. The van der Waals surface area contributed by atoms with Gasteiger partial charge in [-0.1, -0.05) is 32.0 Å². The highest BCUT2D eigenvalue weighted by atomic mass is 16.5. The third-order valence-corrected chi connectivity index (χ3v) is 3.09. The monoisotopic (exact) mass is 294 g/mol. The molecule has 3 N–H and O–H groups in total. The third kappa shape index (κ3) is 5.33. The molecule has 0 bridgehead atoms. The summed E-state index contributed by atoms with van der Waals surface area (Å²) in [6, 6.07) is 6.18. The lowest BCUT2D eigenvalue weighted by molar-refractivity contribution is -0.140. The van der Waals surface area contributed by atoms with Gasteiger partial charge < -0.3 is 20.5 Å². The van der Waals surface area contributed by atoms with E-state index >= 15 is 0 Å². The van der Waals surface area contributed by atoms with E-state index in [0.29, 0.717) is 13.0 Å². The highest BCUT2D eigenvalue weighted by molar-refractivity contribution is 5.82. The van der Waals surface area contributed by atoms with E-state index in [-0.39, 0.29) is 5.92 Å². The average molecular weight is 294 g/mol. The number of carboxylic acid groups (broad SMARTS) is 1. The van der Waals surface area contributed by atoms with Crippen LogP contribution in [0.3, 0.4) is 0 Å². The van der Waals surface area contributed by atoms with Crippen molar-refractivity contribution in [1.82, 2.24) is 10.6 Å². The highest BCUT2D eigenvalue weighted by Gasteiger charge is 2.23. The smallest absolute Gasteiger partial charge is 0.326 e. The van der Waals surface area contributed by atoms with E-state index in [9.17, 15) is 9.59 Å². The van der Waals surface area contributed by atoms with Gasteiger partial charge in [-0.2, -0.15) is 0 Å². The van der Waals surface area contributed by atoms with Crippen LogP contribution in [0.25, 0.3) is 0 Å². The van der Waals surface area contributed by atoms with E-state index in [1.807, 2.05) is 24.3 Å². The summed E-state index contributed by atoms with van der Waals surface area (Å²) in [5, 5.41) is 14.1. The second-order valence-corrected chi connectivity index (χ2v) is 5.02. The molecule has 1 aromatic carbocycles. The quantitative estimate of drug-likeness (QED) is 0.713. The summed E-state index contributed by atoms with van der Waals surface area (Å²) in [5.41, 5.74) is 0.985. The van der Waals surface area contributed by atoms with Gasteiger partial charge >= 0.3 is 12.0 Å². The van der Waals surface area contributed by atoms with Gasteiger partial charge in [-0.25, -0.2) is 9.59 Å². The minimum Gasteiger partial charge on any atom is -0.496 e. The fraction of sp³-hybridized carbons (Fsp3) is 0.467. The third-order valence-electron chi connectivity index (χ3n) is 3.09. The number of amides is 2. The molecular weight excluding hydrogens is 272 g/mol. The van der Waals surface area contributed by atoms with Gasteiger partial charge in [0.15, 0.2) is 0 Å². The SMILES string of the molecule is COc1ccccc1CCNC(=O)N[C@H](C(=O)O)C(C)C. The Kier molecular flexibility index (Phi) is 6.52. The first-order valence-electron chi connectivity index (χ1n) is 6.84. The number of methoxy groups -OCH3 is 1. The van der Waals surface area contributed by atoms with Crippen molar-refractivity contribution < 1.29 is 19.4 Å². The number of nitrogens with one attached hydrogen (secondary N) is 2. The zero-order chi connectivity index (χ0) is 15.8. The van der Waals surface area contributed by atoms with Crippen LogP contribution in [-0.4, -0.2) is 36.8 Å². The molecule has 6 heteroatoms. The van der Waals surface area contributed by atoms with Crippen LogP contribution in [0.1, 0.15) is 19.4 Å². The van der Waals surface area contributed by atoms with Crippen molar-refractivity contribution in [3.8, 4) is 5.75 Å². The molecule has 0 heterocycles. The van der Waals surface area contributed by atoms with Crippen LogP contribution in [0.2, 0.25) is 0 Å². The molecule has 0 saturated carbocycles. The molecule has 6 nitrogen and oxygen atoms in total. The first-order chi connectivity index (χ1) is 9.95. The fourth-order valence-corrected chi connectivity index (χ4v) is 1.93. The second-order valence-electron chi connectivity index (χ2n) is 5.02. The molecule has 0 spiro atoms. The van der Waals surface area contributed by atoms with Gasteiger partial charge in [-0.05, 0) is 24.0 Å². The molecule has 1 aromatic rings. The van der Waals surface area contributed by atoms with Crippen molar-refractivity contribution in [3.05, 3.63) is 29.8 Å². The molecule has 0 aliphatic heterocycles. The number of hydrogen-bond acceptors (Lipinski definition) is 3. The van der Waals surface area contributed by atoms with Crippen molar-refractivity contribution >= 4 is 12.0 Å². The molecule has 0 saturated heterocycles. The van der Waals surface area contributed by atoms with Crippen molar-refractivity contribution in [2.24, 2.45) is 5.92 Å².